The summed E-state index contributed by atoms with van der Waals surface area (Å²) in [4.78, 5) is 14.5. The van der Waals surface area contributed by atoms with Gasteiger partial charge in [0.2, 0.25) is 5.91 Å². The van der Waals surface area contributed by atoms with Crippen LogP contribution in [0.1, 0.15) is 30.1 Å². The number of benzene rings is 1. The van der Waals surface area contributed by atoms with E-state index >= 15 is 0 Å². The molecule has 1 unspecified atom stereocenters. The summed E-state index contributed by atoms with van der Waals surface area (Å²) in [6.45, 7) is 1.37. The highest BCUT2D eigenvalue weighted by molar-refractivity contribution is 6.35. The van der Waals surface area contributed by atoms with Crippen molar-refractivity contribution in [3.8, 4) is 0 Å². The van der Waals surface area contributed by atoms with Gasteiger partial charge in [-0.3, -0.25) is 9.20 Å². The fourth-order valence-corrected chi connectivity index (χ4v) is 3.90. The van der Waals surface area contributed by atoms with Crippen molar-refractivity contribution >= 4 is 40.8 Å². The number of fused-ring (bicyclic) bond motifs is 1. The molecular weight excluding hydrogens is 383 g/mol. The van der Waals surface area contributed by atoms with Gasteiger partial charge >= 0.3 is 0 Å². The molecule has 1 atom stereocenters. The van der Waals surface area contributed by atoms with E-state index in [0.717, 1.165) is 36.4 Å². The third-order valence-electron chi connectivity index (χ3n) is 4.81. The van der Waals surface area contributed by atoms with Gasteiger partial charge in [-0.1, -0.05) is 35.3 Å². The van der Waals surface area contributed by atoms with Gasteiger partial charge in [0.25, 0.3) is 0 Å². The second-order valence-corrected chi connectivity index (χ2v) is 7.45. The number of nitrogens with zero attached hydrogens (tertiary/aromatic N) is 4. The number of carbonyl (C=O) groups is 1. The minimum Gasteiger partial charge on any atom is -0.338 e. The number of hydrogen-bond donors (Lipinski definition) is 0. The molecule has 2 aromatic heterocycles. The number of aromatic nitrogens is 3. The van der Waals surface area contributed by atoms with E-state index in [1.807, 2.05) is 33.7 Å². The molecular formula is C20H18Cl2N4O. The summed E-state index contributed by atoms with van der Waals surface area (Å²) in [5.41, 5.74) is 1.60. The smallest absolute Gasteiger partial charge is 0.246 e. The minimum absolute atomic E-state index is 0.0282. The molecule has 1 amide bonds. The number of hydrogen-bond acceptors (Lipinski definition) is 3. The normalized spacial score (nSPS) is 17.7. The second kappa shape index (κ2) is 7.71. The number of piperidine rings is 1. The maximum absolute atomic E-state index is 12.7. The quantitative estimate of drug-likeness (QED) is 0.609. The van der Waals surface area contributed by atoms with Crippen molar-refractivity contribution in [1.29, 1.82) is 0 Å². The van der Waals surface area contributed by atoms with Crippen LogP contribution in [0.15, 0.2) is 48.7 Å². The van der Waals surface area contributed by atoms with E-state index in [9.17, 15) is 4.79 Å². The van der Waals surface area contributed by atoms with Crippen LogP contribution in [0, 0.1) is 0 Å². The van der Waals surface area contributed by atoms with E-state index in [2.05, 4.69) is 10.2 Å². The first-order valence-corrected chi connectivity index (χ1v) is 9.59. The third-order valence-corrected chi connectivity index (χ3v) is 5.37. The Balaban J connectivity index is 1.49. The highest BCUT2D eigenvalue weighted by Gasteiger charge is 2.27. The van der Waals surface area contributed by atoms with Gasteiger partial charge in [-0.2, -0.15) is 0 Å². The predicted octanol–water partition coefficient (Wildman–Crippen LogP) is 4.46. The molecule has 0 saturated carbocycles. The van der Waals surface area contributed by atoms with Crippen LogP contribution >= 0.6 is 23.2 Å². The van der Waals surface area contributed by atoms with Gasteiger partial charge in [0, 0.05) is 41.3 Å². The second-order valence-electron chi connectivity index (χ2n) is 6.61. The molecule has 1 saturated heterocycles. The first kappa shape index (κ1) is 18.0. The number of carbonyl (C=O) groups excluding carboxylic acids is 1. The maximum Gasteiger partial charge on any atom is 0.246 e. The number of likely N-dealkylation sites (tertiary alicyclic amines) is 1. The lowest BCUT2D eigenvalue weighted by atomic mass is 9.97. The van der Waals surface area contributed by atoms with Crippen LogP contribution in [0.25, 0.3) is 11.7 Å². The lowest BCUT2D eigenvalue weighted by molar-refractivity contribution is -0.127. The Morgan fingerprint density at radius 1 is 1.19 bits per heavy atom. The molecule has 138 valence electrons. The van der Waals surface area contributed by atoms with Gasteiger partial charge in [-0.25, -0.2) is 0 Å². The Hall–Kier alpha value is -2.37. The van der Waals surface area contributed by atoms with Gasteiger partial charge in [0.1, 0.15) is 5.82 Å². The molecule has 1 aliphatic heterocycles. The van der Waals surface area contributed by atoms with E-state index < -0.39 is 0 Å². The van der Waals surface area contributed by atoms with E-state index in [-0.39, 0.29) is 11.8 Å². The molecule has 1 aromatic carbocycles. The molecule has 0 aliphatic carbocycles. The van der Waals surface area contributed by atoms with Crippen LogP contribution in [0.5, 0.6) is 0 Å². The number of amides is 1. The molecule has 0 N–H and O–H groups in total. The molecule has 4 rings (SSSR count). The summed E-state index contributed by atoms with van der Waals surface area (Å²) in [7, 11) is 0. The van der Waals surface area contributed by atoms with Crippen LogP contribution in [0.2, 0.25) is 10.0 Å². The van der Waals surface area contributed by atoms with E-state index in [4.69, 9.17) is 23.2 Å². The molecule has 1 aliphatic rings. The summed E-state index contributed by atoms with van der Waals surface area (Å²) >= 11 is 12.1. The van der Waals surface area contributed by atoms with Gasteiger partial charge in [0.15, 0.2) is 5.65 Å². The zero-order valence-electron chi connectivity index (χ0n) is 14.6. The number of pyridine rings is 1. The molecule has 0 spiro atoms. The highest BCUT2D eigenvalue weighted by Crippen LogP contribution is 2.27. The fraction of sp³-hybridized carbons (Fsp3) is 0.250. The van der Waals surface area contributed by atoms with Crippen molar-refractivity contribution in [3.05, 3.63) is 70.1 Å². The van der Waals surface area contributed by atoms with Crippen molar-refractivity contribution < 1.29 is 4.79 Å². The monoisotopic (exact) mass is 400 g/mol. The number of halogens is 2. The Morgan fingerprint density at radius 2 is 2.07 bits per heavy atom. The minimum atomic E-state index is -0.0282. The summed E-state index contributed by atoms with van der Waals surface area (Å²) in [5, 5.41) is 9.68. The summed E-state index contributed by atoms with van der Waals surface area (Å²) in [6.07, 6.45) is 7.20. The topological polar surface area (TPSA) is 50.5 Å². The Bertz CT molecular complexity index is 1010. The third kappa shape index (κ3) is 3.84. The largest absolute Gasteiger partial charge is 0.338 e. The zero-order valence-corrected chi connectivity index (χ0v) is 16.1. The summed E-state index contributed by atoms with van der Waals surface area (Å²) in [5.74, 6) is 1.06. The average Bonchev–Trinajstić information content (AvgIpc) is 3.11. The van der Waals surface area contributed by atoms with E-state index in [0.29, 0.717) is 16.6 Å². The SMILES string of the molecule is O=C(/C=C/c1ccc(Cl)cc1Cl)N1CCCC(c2nnc3ccccn23)C1. The lowest BCUT2D eigenvalue weighted by Gasteiger charge is -2.31. The average molecular weight is 401 g/mol. The summed E-state index contributed by atoms with van der Waals surface area (Å²) < 4.78 is 2.00. The van der Waals surface area contributed by atoms with Crippen molar-refractivity contribution in [2.45, 2.75) is 18.8 Å². The van der Waals surface area contributed by atoms with Crippen LogP contribution in [-0.4, -0.2) is 38.5 Å². The Labute approximate surface area is 167 Å². The van der Waals surface area contributed by atoms with Gasteiger partial charge < -0.3 is 4.90 Å². The molecule has 0 bridgehead atoms. The van der Waals surface area contributed by atoms with Crippen LogP contribution < -0.4 is 0 Å². The molecule has 27 heavy (non-hydrogen) atoms. The van der Waals surface area contributed by atoms with Crippen molar-refractivity contribution in [2.75, 3.05) is 13.1 Å². The fourth-order valence-electron chi connectivity index (χ4n) is 3.43. The van der Waals surface area contributed by atoms with Gasteiger partial charge in [0.05, 0.1) is 0 Å². The lowest BCUT2D eigenvalue weighted by Crippen LogP contribution is -2.38. The van der Waals surface area contributed by atoms with Crippen LogP contribution in [0.3, 0.4) is 0 Å². The van der Waals surface area contributed by atoms with E-state index in [1.54, 1.807) is 30.4 Å². The Morgan fingerprint density at radius 3 is 2.93 bits per heavy atom. The molecule has 3 aromatic rings. The molecule has 7 heteroatoms. The number of rotatable bonds is 3. The van der Waals surface area contributed by atoms with E-state index in [1.165, 1.54) is 0 Å². The predicted molar refractivity (Wildman–Crippen MR) is 107 cm³/mol. The van der Waals surface area contributed by atoms with Gasteiger partial charge in [-0.05, 0) is 48.7 Å². The molecule has 5 nitrogen and oxygen atoms in total. The van der Waals surface area contributed by atoms with Crippen molar-refractivity contribution in [1.82, 2.24) is 19.5 Å². The summed E-state index contributed by atoms with van der Waals surface area (Å²) in [6, 6.07) is 11.1. The maximum atomic E-state index is 12.7. The van der Waals surface area contributed by atoms with Crippen LogP contribution in [0.4, 0.5) is 0 Å². The first-order chi connectivity index (χ1) is 13.1. The van der Waals surface area contributed by atoms with Crippen molar-refractivity contribution in [2.24, 2.45) is 0 Å². The molecule has 0 radical (unpaired) electrons. The molecule has 3 heterocycles. The standard InChI is InChI=1S/C20H18Cl2N4O/c21-16-8-6-14(17(22)12-16)7-9-19(27)25-10-3-4-15(13-25)20-24-23-18-5-1-2-11-26(18)20/h1-2,5-9,11-12,15H,3-4,10,13H2/b9-7+. The highest BCUT2D eigenvalue weighted by atomic mass is 35.5. The van der Waals surface area contributed by atoms with Crippen molar-refractivity contribution in [3.63, 3.8) is 0 Å². The molecule has 1 fully saturated rings. The zero-order chi connectivity index (χ0) is 18.8. The Kier molecular flexibility index (Phi) is 5.14. The van der Waals surface area contributed by atoms with Crippen LogP contribution in [-0.2, 0) is 4.79 Å². The first-order valence-electron chi connectivity index (χ1n) is 8.83. The van der Waals surface area contributed by atoms with Gasteiger partial charge in [-0.15, -0.1) is 10.2 Å².